The van der Waals surface area contributed by atoms with E-state index in [1.165, 1.54) is 24.0 Å². The molecule has 120 valence electrons. The molecule has 0 spiro atoms. The maximum absolute atomic E-state index is 4.25. The van der Waals surface area contributed by atoms with Gasteiger partial charge in [-0.15, -0.1) is 5.10 Å². The monoisotopic (exact) mass is 308 g/mol. The molecule has 1 N–H and O–H groups in total. The van der Waals surface area contributed by atoms with Gasteiger partial charge in [0.2, 0.25) is 0 Å². The fourth-order valence-corrected chi connectivity index (χ4v) is 3.12. The third-order valence-corrected chi connectivity index (χ3v) is 4.23. The van der Waals surface area contributed by atoms with E-state index in [1.807, 2.05) is 18.2 Å². The van der Waals surface area contributed by atoms with Crippen LogP contribution < -0.4 is 10.2 Å². The normalized spacial score (nSPS) is 18.4. The summed E-state index contributed by atoms with van der Waals surface area (Å²) in [6, 6.07) is 15.0. The molecule has 1 aromatic carbocycles. The van der Waals surface area contributed by atoms with Crippen LogP contribution in [0, 0.1) is 0 Å². The van der Waals surface area contributed by atoms with Gasteiger partial charge in [0.25, 0.3) is 0 Å². The summed E-state index contributed by atoms with van der Waals surface area (Å²) in [4.78, 5) is 2.37. The summed E-state index contributed by atoms with van der Waals surface area (Å²) in [7, 11) is 0. The van der Waals surface area contributed by atoms with E-state index in [2.05, 4.69) is 57.7 Å². The van der Waals surface area contributed by atoms with Crippen molar-refractivity contribution < 1.29 is 0 Å². The van der Waals surface area contributed by atoms with Crippen LogP contribution >= 0.6 is 0 Å². The first-order chi connectivity index (χ1) is 11.3. The average molecular weight is 308 g/mol. The summed E-state index contributed by atoms with van der Waals surface area (Å²) < 4.78 is 0. The molecule has 4 heteroatoms. The van der Waals surface area contributed by atoms with Crippen LogP contribution in [0.5, 0.6) is 0 Å². The van der Waals surface area contributed by atoms with Crippen molar-refractivity contribution in [2.24, 2.45) is 0 Å². The maximum atomic E-state index is 4.25. The highest BCUT2D eigenvalue weighted by atomic mass is 15.3. The molecule has 1 aliphatic heterocycles. The van der Waals surface area contributed by atoms with E-state index in [9.17, 15) is 0 Å². The van der Waals surface area contributed by atoms with Gasteiger partial charge in [-0.3, -0.25) is 0 Å². The zero-order chi connectivity index (χ0) is 15.9. The van der Waals surface area contributed by atoms with Crippen molar-refractivity contribution in [2.75, 3.05) is 24.5 Å². The van der Waals surface area contributed by atoms with E-state index >= 15 is 0 Å². The van der Waals surface area contributed by atoms with Crippen LogP contribution in [-0.4, -0.2) is 35.9 Å². The Bertz CT molecular complexity index is 624. The lowest BCUT2D eigenvalue weighted by Gasteiger charge is -2.25. The van der Waals surface area contributed by atoms with Gasteiger partial charge in [0.15, 0.2) is 5.82 Å². The lowest BCUT2D eigenvalue weighted by molar-refractivity contribution is 0.588. The summed E-state index contributed by atoms with van der Waals surface area (Å²) in [5.41, 5.74) is 2.61. The fourth-order valence-electron chi connectivity index (χ4n) is 3.12. The summed E-state index contributed by atoms with van der Waals surface area (Å²) in [6.45, 7) is 5.15. The van der Waals surface area contributed by atoms with Crippen LogP contribution in [-0.2, 0) is 0 Å². The molecule has 1 fully saturated rings. The van der Waals surface area contributed by atoms with Crippen LogP contribution in [0.4, 0.5) is 5.82 Å². The predicted octanol–water partition coefficient (Wildman–Crippen LogP) is 3.14. The number of anilines is 1. The predicted molar refractivity (Wildman–Crippen MR) is 95.4 cm³/mol. The molecule has 0 radical (unpaired) electrons. The second-order valence-electron chi connectivity index (χ2n) is 6.10. The standard InChI is InChI=1S/C19H24N4/c1-16(13-17-7-3-2-4-8-17)14-20-15-18-9-6-12-23(18)19-10-5-11-21-22-19/h2-5,7-8,10-11,13,18,20H,6,9,12,14-15H2,1H3/b16-13-/t18-/m1/s1. The van der Waals surface area contributed by atoms with Crippen LogP contribution in [0.2, 0.25) is 0 Å². The lowest BCUT2D eigenvalue weighted by Crippen LogP contribution is -2.39. The minimum absolute atomic E-state index is 0.510. The first-order valence-electron chi connectivity index (χ1n) is 8.30. The molecule has 0 amide bonds. The molecule has 0 unspecified atom stereocenters. The second kappa shape index (κ2) is 7.88. The van der Waals surface area contributed by atoms with Crippen molar-refractivity contribution in [3.8, 4) is 0 Å². The maximum Gasteiger partial charge on any atom is 0.151 e. The molecular weight excluding hydrogens is 284 g/mol. The van der Waals surface area contributed by atoms with Gasteiger partial charge in [-0.1, -0.05) is 42.0 Å². The molecule has 1 atom stereocenters. The highest BCUT2D eigenvalue weighted by molar-refractivity contribution is 5.52. The van der Waals surface area contributed by atoms with E-state index in [-0.39, 0.29) is 0 Å². The van der Waals surface area contributed by atoms with Gasteiger partial charge >= 0.3 is 0 Å². The van der Waals surface area contributed by atoms with Crippen LogP contribution in [0.25, 0.3) is 6.08 Å². The van der Waals surface area contributed by atoms with Crippen LogP contribution in [0.3, 0.4) is 0 Å². The molecule has 2 heterocycles. The molecule has 0 saturated carbocycles. The Hall–Kier alpha value is -2.20. The Balaban J connectivity index is 1.51. The average Bonchev–Trinajstić information content (AvgIpc) is 3.05. The summed E-state index contributed by atoms with van der Waals surface area (Å²) in [6.07, 6.45) is 6.40. The molecule has 2 aromatic rings. The van der Waals surface area contributed by atoms with Crippen molar-refractivity contribution in [1.82, 2.24) is 15.5 Å². The van der Waals surface area contributed by atoms with Gasteiger partial charge < -0.3 is 10.2 Å². The Labute approximate surface area is 138 Å². The van der Waals surface area contributed by atoms with E-state index in [4.69, 9.17) is 0 Å². The van der Waals surface area contributed by atoms with Crippen LogP contribution in [0.15, 0.2) is 54.2 Å². The van der Waals surface area contributed by atoms with Crippen molar-refractivity contribution in [1.29, 1.82) is 0 Å². The molecule has 3 rings (SSSR count). The first-order valence-corrected chi connectivity index (χ1v) is 8.30. The van der Waals surface area contributed by atoms with E-state index in [1.54, 1.807) is 6.20 Å². The van der Waals surface area contributed by atoms with E-state index in [0.29, 0.717) is 6.04 Å². The van der Waals surface area contributed by atoms with Gasteiger partial charge in [0.1, 0.15) is 0 Å². The highest BCUT2D eigenvalue weighted by Gasteiger charge is 2.25. The largest absolute Gasteiger partial charge is 0.351 e. The fraction of sp³-hybridized carbons (Fsp3) is 0.368. The Kier molecular flexibility index (Phi) is 5.37. The number of nitrogens with zero attached hydrogens (tertiary/aromatic N) is 3. The van der Waals surface area contributed by atoms with Gasteiger partial charge in [0, 0.05) is 31.9 Å². The molecule has 0 aliphatic carbocycles. The summed E-state index contributed by atoms with van der Waals surface area (Å²) >= 11 is 0. The molecule has 1 aliphatic rings. The zero-order valence-corrected chi connectivity index (χ0v) is 13.7. The zero-order valence-electron chi connectivity index (χ0n) is 13.7. The molecule has 1 saturated heterocycles. The Morgan fingerprint density at radius 3 is 2.91 bits per heavy atom. The van der Waals surface area contributed by atoms with Crippen LogP contribution in [0.1, 0.15) is 25.3 Å². The number of rotatable bonds is 6. The minimum atomic E-state index is 0.510. The van der Waals surface area contributed by atoms with Crippen molar-refractivity contribution in [3.05, 3.63) is 59.8 Å². The summed E-state index contributed by atoms with van der Waals surface area (Å²) in [5, 5.41) is 11.8. The van der Waals surface area contributed by atoms with E-state index in [0.717, 1.165) is 25.5 Å². The third-order valence-electron chi connectivity index (χ3n) is 4.23. The van der Waals surface area contributed by atoms with Gasteiger partial charge in [-0.2, -0.15) is 5.10 Å². The molecule has 4 nitrogen and oxygen atoms in total. The topological polar surface area (TPSA) is 41.0 Å². The summed E-state index contributed by atoms with van der Waals surface area (Å²) in [5.74, 6) is 0.994. The minimum Gasteiger partial charge on any atom is -0.351 e. The smallest absolute Gasteiger partial charge is 0.151 e. The second-order valence-corrected chi connectivity index (χ2v) is 6.10. The SMILES string of the molecule is C/C(=C/c1ccccc1)CNC[C@H]1CCCN1c1cccnn1. The van der Waals surface area contributed by atoms with Gasteiger partial charge in [0.05, 0.1) is 0 Å². The number of nitrogens with one attached hydrogen (secondary N) is 1. The molecule has 0 bridgehead atoms. The lowest BCUT2D eigenvalue weighted by atomic mass is 10.1. The number of aromatic nitrogens is 2. The quantitative estimate of drug-likeness (QED) is 0.890. The molecular formula is C19H24N4. The van der Waals surface area contributed by atoms with E-state index < -0.39 is 0 Å². The number of hydrogen-bond donors (Lipinski definition) is 1. The Morgan fingerprint density at radius 1 is 1.26 bits per heavy atom. The number of hydrogen-bond acceptors (Lipinski definition) is 4. The van der Waals surface area contributed by atoms with Crippen molar-refractivity contribution in [2.45, 2.75) is 25.8 Å². The molecule has 1 aromatic heterocycles. The molecule has 23 heavy (non-hydrogen) atoms. The Morgan fingerprint density at radius 2 is 2.13 bits per heavy atom. The van der Waals surface area contributed by atoms with Crippen molar-refractivity contribution in [3.63, 3.8) is 0 Å². The first kappa shape index (κ1) is 15.7. The highest BCUT2D eigenvalue weighted by Crippen LogP contribution is 2.22. The van der Waals surface area contributed by atoms with Crippen molar-refractivity contribution >= 4 is 11.9 Å². The van der Waals surface area contributed by atoms with Gasteiger partial charge in [-0.05, 0) is 37.5 Å². The third kappa shape index (κ3) is 4.39. The number of benzene rings is 1. The van der Waals surface area contributed by atoms with Gasteiger partial charge in [-0.25, -0.2) is 0 Å².